The van der Waals surface area contributed by atoms with Crippen LogP contribution in [-0.4, -0.2) is 45.3 Å². The van der Waals surface area contributed by atoms with Gasteiger partial charge in [-0.3, -0.25) is 4.90 Å². The molecule has 3 rings (SSSR count). The van der Waals surface area contributed by atoms with E-state index in [1.165, 1.54) is 18.4 Å². The van der Waals surface area contributed by atoms with Crippen LogP contribution in [0.2, 0.25) is 0 Å². The summed E-state index contributed by atoms with van der Waals surface area (Å²) in [4.78, 5) is 2.48. The highest BCUT2D eigenvalue weighted by atomic mass is 16.5. The first-order valence-corrected chi connectivity index (χ1v) is 8.26. The van der Waals surface area contributed by atoms with Gasteiger partial charge in [-0.1, -0.05) is 12.1 Å². The van der Waals surface area contributed by atoms with Gasteiger partial charge in [-0.15, -0.1) is 5.10 Å². The zero-order valence-electron chi connectivity index (χ0n) is 14.1. The average molecular weight is 315 g/mol. The van der Waals surface area contributed by atoms with Crippen LogP contribution in [0.25, 0.3) is 0 Å². The van der Waals surface area contributed by atoms with Gasteiger partial charge in [0.05, 0.1) is 13.2 Å². The van der Waals surface area contributed by atoms with Crippen LogP contribution in [0.1, 0.15) is 37.2 Å². The lowest BCUT2D eigenvalue weighted by atomic mass is 9.89. The smallest absolute Gasteiger partial charge is 0.167 e. The second-order valence-electron chi connectivity index (χ2n) is 6.37. The van der Waals surface area contributed by atoms with E-state index >= 15 is 0 Å². The molecule has 1 aromatic heterocycles. The third-order valence-electron chi connectivity index (χ3n) is 4.91. The molecule has 1 saturated heterocycles. The molecule has 0 spiro atoms. The first-order valence-electron chi connectivity index (χ1n) is 8.26. The molecule has 1 aliphatic heterocycles. The standard InChI is InChI=1S/C17H25N5O/c1-13(17-18-19-20-21(17)2)22-10-8-15(9-11-22)12-14-4-6-16(23-3)7-5-14/h4-7,13,15H,8-12H2,1-3H3. The van der Waals surface area contributed by atoms with Crippen LogP contribution in [0.4, 0.5) is 0 Å². The minimum Gasteiger partial charge on any atom is -0.497 e. The Morgan fingerprint density at radius 3 is 2.48 bits per heavy atom. The number of aryl methyl sites for hydroxylation is 1. The summed E-state index contributed by atoms with van der Waals surface area (Å²) in [7, 11) is 3.61. The van der Waals surface area contributed by atoms with Crippen LogP contribution in [0.3, 0.4) is 0 Å². The van der Waals surface area contributed by atoms with Crippen LogP contribution >= 0.6 is 0 Å². The maximum atomic E-state index is 5.22. The highest BCUT2D eigenvalue weighted by molar-refractivity contribution is 5.27. The van der Waals surface area contributed by atoms with Crippen molar-refractivity contribution in [1.82, 2.24) is 25.1 Å². The van der Waals surface area contributed by atoms with E-state index in [9.17, 15) is 0 Å². The molecule has 1 aliphatic rings. The van der Waals surface area contributed by atoms with Crippen molar-refractivity contribution in [2.45, 2.75) is 32.2 Å². The highest BCUT2D eigenvalue weighted by Crippen LogP contribution is 2.27. The van der Waals surface area contributed by atoms with Crippen molar-refractivity contribution in [3.8, 4) is 5.75 Å². The van der Waals surface area contributed by atoms with Crippen molar-refractivity contribution in [2.75, 3.05) is 20.2 Å². The molecule has 0 bridgehead atoms. The van der Waals surface area contributed by atoms with E-state index in [0.717, 1.165) is 37.0 Å². The Labute approximate surface area is 137 Å². The molecule has 0 saturated carbocycles. The molecule has 2 heterocycles. The fourth-order valence-corrected chi connectivity index (χ4v) is 3.39. The number of piperidine rings is 1. The number of nitrogens with zero attached hydrogens (tertiary/aromatic N) is 5. The van der Waals surface area contributed by atoms with E-state index in [2.05, 4.69) is 39.5 Å². The molecular weight excluding hydrogens is 290 g/mol. The summed E-state index contributed by atoms with van der Waals surface area (Å²) in [5, 5.41) is 11.8. The molecular formula is C17H25N5O. The monoisotopic (exact) mass is 315 g/mol. The Morgan fingerprint density at radius 2 is 1.91 bits per heavy atom. The molecule has 6 heteroatoms. The van der Waals surface area contributed by atoms with Gasteiger partial charge in [0.25, 0.3) is 0 Å². The lowest BCUT2D eigenvalue weighted by molar-refractivity contribution is 0.134. The van der Waals surface area contributed by atoms with Crippen LogP contribution in [-0.2, 0) is 13.5 Å². The highest BCUT2D eigenvalue weighted by Gasteiger charge is 2.26. The van der Waals surface area contributed by atoms with Gasteiger partial charge in [0.1, 0.15) is 5.75 Å². The number of benzene rings is 1. The van der Waals surface area contributed by atoms with Gasteiger partial charge in [-0.05, 0) is 73.3 Å². The Hall–Kier alpha value is -1.95. The second-order valence-corrected chi connectivity index (χ2v) is 6.37. The Morgan fingerprint density at radius 1 is 1.22 bits per heavy atom. The maximum Gasteiger partial charge on any atom is 0.167 e. The van der Waals surface area contributed by atoms with Crippen molar-refractivity contribution in [1.29, 1.82) is 0 Å². The van der Waals surface area contributed by atoms with E-state index in [-0.39, 0.29) is 6.04 Å². The van der Waals surface area contributed by atoms with Gasteiger partial charge in [0, 0.05) is 7.05 Å². The Bertz CT molecular complexity index is 616. The molecule has 0 amide bonds. The zero-order chi connectivity index (χ0) is 16.2. The maximum absolute atomic E-state index is 5.22. The molecule has 0 radical (unpaired) electrons. The minimum atomic E-state index is 0.275. The summed E-state index contributed by atoms with van der Waals surface area (Å²) >= 11 is 0. The van der Waals surface area contributed by atoms with Gasteiger partial charge in [-0.2, -0.15) is 0 Å². The molecule has 2 aromatic rings. The molecule has 6 nitrogen and oxygen atoms in total. The topological polar surface area (TPSA) is 56.1 Å². The van der Waals surface area contributed by atoms with Gasteiger partial charge < -0.3 is 4.74 Å². The molecule has 1 atom stereocenters. The molecule has 1 unspecified atom stereocenters. The molecule has 0 N–H and O–H groups in total. The second kappa shape index (κ2) is 7.08. The SMILES string of the molecule is COc1ccc(CC2CCN(C(C)c3nnnn3C)CC2)cc1. The van der Waals surface area contributed by atoms with E-state index in [0.29, 0.717) is 0 Å². The number of tetrazole rings is 1. The van der Waals surface area contributed by atoms with Crippen LogP contribution in [0.15, 0.2) is 24.3 Å². The summed E-state index contributed by atoms with van der Waals surface area (Å²) in [6.45, 7) is 4.40. The van der Waals surface area contributed by atoms with Crippen LogP contribution < -0.4 is 4.74 Å². The Balaban J connectivity index is 1.52. The minimum absolute atomic E-state index is 0.275. The third kappa shape index (κ3) is 3.69. The number of likely N-dealkylation sites (tertiary alicyclic amines) is 1. The van der Waals surface area contributed by atoms with Crippen molar-refractivity contribution < 1.29 is 4.74 Å². The predicted molar refractivity (Wildman–Crippen MR) is 88.2 cm³/mol. The quantitative estimate of drug-likeness (QED) is 0.847. The van der Waals surface area contributed by atoms with Crippen molar-refractivity contribution in [3.05, 3.63) is 35.7 Å². The first-order chi connectivity index (χ1) is 11.2. The molecule has 1 fully saturated rings. The summed E-state index contributed by atoms with van der Waals surface area (Å²) in [5.41, 5.74) is 1.40. The lowest BCUT2D eigenvalue weighted by Crippen LogP contribution is -2.37. The van der Waals surface area contributed by atoms with E-state index in [4.69, 9.17) is 4.74 Å². The predicted octanol–water partition coefficient (Wildman–Crippen LogP) is 2.23. The largest absolute Gasteiger partial charge is 0.497 e. The number of hydrogen-bond acceptors (Lipinski definition) is 5. The zero-order valence-corrected chi connectivity index (χ0v) is 14.1. The average Bonchev–Trinajstić information content (AvgIpc) is 3.02. The van der Waals surface area contributed by atoms with Crippen molar-refractivity contribution in [3.63, 3.8) is 0 Å². The van der Waals surface area contributed by atoms with Crippen LogP contribution in [0.5, 0.6) is 5.75 Å². The number of hydrogen-bond donors (Lipinski definition) is 0. The van der Waals surface area contributed by atoms with E-state index in [1.54, 1.807) is 11.8 Å². The van der Waals surface area contributed by atoms with Gasteiger partial charge in [-0.25, -0.2) is 4.68 Å². The van der Waals surface area contributed by atoms with E-state index < -0.39 is 0 Å². The number of ether oxygens (including phenoxy) is 1. The van der Waals surface area contributed by atoms with E-state index in [1.807, 2.05) is 19.2 Å². The Kier molecular flexibility index (Phi) is 4.91. The van der Waals surface area contributed by atoms with Gasteiger partial charge >= 0.3 is 0 Å². The molecule has 1 aromatic carbocycles. The summed E-state index contributed by atoms with van der Waals surface area (Å²) in [5.74, 6) is 2.62. The van der Waals surface area contributed by atoms with Crippen molar-refractivity contribution in [2.24, 2.45) is 13.0 Å². The lowest BCUT2D eigenvalue weighted by Gasteiger charge is -2.35. The third-order valence-corrected chi connectivity index (χ3v) is 4.91. The number of methoxy groups -OCH3 is 1. The molecule has 23 heavy (non-hydrogen) atoms. The number of rotatable bonds is 5. The fourth-order valence-electron chi connectivity index (χ4n) is 3.39. The van der Waals surface area contributed by atoms with Crippen molar-refractivity contribution >= 4 is 0 Å². The van der Waals surface area contributed by atoms with Gasteiger partial charge in [0.2, 0.25) is 0 Å². The molecule has 124 valence electrons. The van der Waals surface area contributed by atoms with Gasteiger partial charge in [0.15, 0.2) is 5.82 Å². The van der Waals surface area contributed by atoms with Crippen LogP contribution in [0, 0.1) is 5.92 Å². The first kappa shape index (κ1) is 15.9. The molecule has 0 aliphatic carbocycles. The summed E-state index contributed by atoms with van der Waals surface area (Å²) in [6, 6.07) is 8.73. The number of aromatic nitrogens is 4. The normalized spacial score (nSPS) is 18.0. The summed E-state index contributed by atoms with van der Waals surface area (Å²) < 4.78 is 6.99. The fraction of sp³-hybridized carbons (Fsp3) is 0.588. The summed E-state index contributed by atoms with van der Waals surface area (Å²) in [6.07, 6.45) is 3.60.